The molecule has 0 aromatic carbocycles. The summed E-state index contributed by atoms with van der Waals surface area (Å²) in [5, 5.41) is 0. The maximum Gasteiger partial charge on any atom is 0.126 e. The fourth-order valence-electron chi connectivity index (χ4n) is 1.40. The molecule has 1 heterocycles. The van der Waals surface area contributed by atoms with Gasteiger partial charge in [-0.1, -0.05) is 0 Å². The number of nitrogen functional groups attached to an aromatic ring is 1. The van der Waals surface area contributed by atoms with E-state index >= 15 is 0 Å². The minimum absolute atomic E-state index is 0.689. The van der Waals surface area contributed by atoms with Crippen LogP contribution < -0.4 is 5.73 Å². The maximum atomic E-state index is 5.68. The van der Waals surface area contributed by atoms with E-state index < -0.39 is 0 Å². The monoisotopic (exact) mass is 148 g/mol. The zero-order chi connectivity index (χ0) is 7.84. The normalized spacial score (nSPS) is 16.8. The van der Waals surface area contributed by atoms with Gasteiger partial charge in [0.25, 0.3) is 0 Å². The summed E-state index contributed by atoms with van der Waals surface area (Å²) >= 11 is 0. The van der Waals surface area contributed by atoms with Gasteiger partial charge in [0, 0.05) is 6.20 Å². The van der Waals surface area contributed by atoms with Gasteiger partial charge in [0.1, 0.15) is 5.82 Å². The smallest absolute Gasteiger partial charge is 0.126 e. The van der Waals surface area contributed by atoms with E-state index in [1.54, 1.807) is 6.20 Å². The third-order valence-electron chi connectivity index (χ3n) is 2.30. The Labute approximate surface area is 66.4 Å². The molecule has 0 amide bonds. The fourth-order valence-corrected chi connectivity index (χ4v) is 1.40. The predicted molar refractivity (Wildman–Crippen MR) is 45.4 cm³/mol. The zero-order valence-electron chi connectivity index (χ0n) is 6.67. The SMILES string of the molecule is Cc1c(C2CC2)ccnc1N. The highest BCUT2D eigenvalue weighted by Gasteiger charge is 2.25. The third-order valence-corrected chi connectivity index (χ3v) is 2.30. The first kappa shape index (κ1) is 6.65. The van der Waals surface area contributed by atoms with Crippen molar-refractivity contribution in [3.05, 3.63) is 23.4 Å². The first-order chi connectivity index (χ1) is 5.29. The van der Waals surface area contributed by atoms with Crippen molar-refractivity contribution in [2.24, 2.45) is 0 Å². The molecule has 11 heavy (non-hydrogen) atoms. The molecule has 0 bridgehead atoms. The van der Waals surface area contributed by atoms with Gasteiger partial charge in [-0.05, 0) is 42.9 Å². The second kappa shape index (κ2) is 2.22. The zero-order valence-corrected chi connectivity index (χ0v) is 6.67. The van der Waals surface area contributed by atoms with E-state index in [4.69, 9.17) is 5.73 Å². The molecule has 0 spiro atoms. The molecule has 1 aliphatic carbocycles. The Balaban J connectivity index is 2.45. The van der Waals surface area contributed by atoms with Crippen molar-refractivity contribution in [1.29, 1.82) is 0 Å². The minimum atomic E-state index is 0.689. The Morgan fingerprint density at radius 3 is 2.91 bits per heavy atom. The lowest BCUT2D eigenvalue weighted by Gasteiger charge is -2.04. The summed E-state index contributed by atoms with van der Waals surface area (Å²) in [6.07, 6.45) is 4.45. The molecule has 1 saturated carbocycles. The van der Waals surface area contributed by atoms with Gasteiger partial charge in [-0.3, -0.25) is 0 Å². The van der Waals surface area contributed by atoms with Crippen LogP contribution in [0.3, 0.4) is 0 Å². The molecular weight excluding hydrogens is 136 g/mol. The van der Waals surface area contributed by atoms with Gasteiger partial charge in [-0.15, -0.1) is 0 Å². The van der Waals surface area contributed by atoms with Crippen LogP contribution in [0.4, 0.5) is 5.82 Å². The molecular formula is C9H12N2. The van der Waals surface area contributed by atoms with Crippen molar-refractivity contribution in [2.75, 3.05) is 5.73 Å². The number of hydrogen-bond donors (Lipinski definition) is 1. The second-order valence-corrected chi connectivity index (χ2v) is 3.18. The quantitative estimate of drug-likeness (QED) is 0.660. The largest absolute Gasteiger partial charge is 0.383 e. The number of nitrogens with two attached hydrogens (primary N) is 1. The van der Waals surface area contributed by atoms with E-state index in [9.17, 15) is 0 Å². The number of anilines is 1. The van der Waals surface area contributed by atoms with Crippen LogP contribution in [0.2, 0.25) is 0 Å². The lowest BCUT2D eigenvalue weighted by Crippen LogP contribution is -1.96. The minimum Gasteiger partial charge on any atom is -0.383 e. The van der Waals surface area contributed by atoms with E-state index in [1.807, 2.05) is 0 Å². The third kappa shape index (κ3) is 1.09. The summed E-state index contributed by atoms with van der Waals surface area (Å²) in [7, 11) is 0. The van der Waals surface area contributed by atoms with E-state index in [1.165, 1.54) is 24.0 Å². The molecule has 0 unspecified atom stereocenters. The van der Waals surface area contributed by atoms with Crippen LogP contribution in [-0.4, -0.2) is 4.98 Å². The fraction of sp³-hybridized carbons (Fsp3) is 0.444. The summed E-state index contributed by atoms with van der Waals surface area (Å²) in [6.45, 7) is 2.05. The van der Waals surface area contributed by atoms with Gasteiger partial charge >= 0.3 is 0 Å². The molecule has 0 saturated heterocycles. The van der Waals surface area contributed by atoms with Crippen molar-refractivity contribution in [3.63, 3.8) is 0 Å². The molecule has 1 aliphatic rings. The standard InChI is InChI=1S/C9H12N2/c1-6-8(7-2-3-7)4-5-11-9(6)10/h4-5,7H,2-3H2,1H3,(H2,10,11). The average molecular weight is 148 g/mol. The van der Waals surface area contributed by atoms with Gasteiger partial charge in [0.2, 0.25) is 0 Å². The summed E-state index contributed by atoms with van der Waals surface area (Å²) < 4.78 is 0. The molecule has 2 rings (SSSR count). The van der Waals surface area contributed by atoms with Crippen molar-refractivity contribution in [1.82, 2.24) is 4.98 Å². The molecule has 1 aromatic rings. The van der Waals surface area contributed by atoms with Crippen LogP contribution in [0.1, 0.15) is 29.9 Å². The van der Waals surface area contributed by atoms with Gasteiger partial charge in [0.15, 0.2) is 0 Å². The molecule has 0 radical (unpaired) electrons. The average Bonchev–Trinajstić information content (AvgIpc) is 2.77. The number of nitrogens with zero attached hydrogens (tertiary/aromatic N) is 1. The van der Waals surface area contributed by atoms with Crippen molar-refractivity contribution in [3.8, 4) is 0 Å². The molecule has 2 nitrogen and oxygen atoms in total. The molecule has 2 N–H and O–H groups in total. The van der Waals surface area contributed by atoms with E-state index in [2.05, 4.69) is 18.0 Å². The van der Waals surface area contributed by atoms with Gasteiger partial charge in [0.05, 0.1) is 0 Å². The summed E-state index contributed by atoms with van der Waals surface area (Å²) in [5.41, 5.74) is 8.25. The lowest BCUT2D eigenvalue weighted by molar-refractivity contribution is 1.08. The summed E-state index contributed by atoms with van der Waals surface area (Å²) in [6, 6.07) is 2.09. The molecule has 1 aromatic heterocycles. The van der Waals surface area contributed by atoms with E-state index in [0.29, 0.717) is 5.82 Å². The topological polar surface area (TPSA) is 38.9 Å². The predicted octanol–water partition coefficient (Wildman–Crippen LogP) is 1.85. The molecule has 2 heteroatoms. The Morgan fingerprint density at radius 1 is 1.55 bits per heavy atom. The van der Waals surface area contributed by atoms with Crippen LogP contribution >= 0.6 is 0 Å². The lowest BCUT2D eigenvalue weighted by atomic mass is 10.1. The van der Waals surface area contributed by atoms with Crippen molar-refractivity contribution < 1.29 is 0 Å². The molecule has 0 aliphatic heterocycles. The van der Waals surface area contributed by atoms with Gasteiger partial charge in [-0.25, -0.2) is 4.98 Å². The van der Waals surface area contributed by atoms with Crippen LogP contribution in [0.5, 0.6) is 0 Å². The van der Waals surface area contributed by atoms with Crippen LogP contribution in [-0.2, 0) is 0 Å². The number of aromatic nitrogens is 1. The Kier molecular flexibility index (Phi) is 1.34. The Morgan fingerprint density at radius 2 is 2.27 bits per heavy atom. The Bertz CT molecular complexity index is 277. The number of hydrogen-bond acceptors (Lipinski definition) is 2. The van der Waals surface area contributed by atoms with Crippen molar-refractivity contribution >= 4 is 5.82 Å². The molecule has 1 fully saturated rings. The molecule has 58 valence electrons. The molecule has 0 atom stereocenters. The van der Waals surface area contributed by atoms with E-state index in [-0.39, 0.29) is 0 Å². The van der Waals surface area contributed by atoms with Crippen molar-refractivity contribution in [2.45, 2.75) is 25.7 Å². The number of rotatable bonds is 1. The highest BCUT2D eigenvalue weighted by atomic mass is 14.8. The van der Waals surface area contributed by atoms with Crippen LogP contribution in [0.25, 0.3) is 0 Å². The van der Waals surface area contributed by atoms with Gasteiger partial charge in [-0.2, -0.15) is 0 Å². The maximum absolute atomic E-state index is 5.68. The van der Waals surface area contributed by atoms with E-state index in [0.717, 1.165) is 5.92 Å². The first-order valence-corrected chi connectivity index (χ1v) is 4.00. The highest BCUT2D eigenvalue weighted by molar-refractivity contribution is 5.45. The van der Waals surface area contributed by atoms with Crippen LogP contribution in [0, 0.1) is 6.92 Å². The highest BCUT2D eigenvalue weighted by Crippen LogP contribution is 2.41. The second-order valence-electron chi connectivity index (χ2n) is 3.18. The first-order valence-electron chi connectivity index (χ1n) is 4.00. The number of pyridine rings is 1. The summed E-state index contributed by atoms with van der Waals surface area (Å²) in [5.74, 6) is 1.47. The summed E-state index contributed by atoms with van der Waals surface area (Å²) in [4.78, 5) is 4.03. The Hall–Kier alpha value is -1.05. The van der Waals surface area contributed by atoms with Crippen LogP contribution in [0.15, 0.2) is 12.3 Å². The van der Waals surface area contributed by atoms with Gasteiger partial charge < -0.3 is 5.73 Å².